The fourth-order valence-electron chi connectivity index (χ4n) is 4.21. The van der Waals surface area contributed by atoms with Crippen LogP contribution in [0.3, 0.4) is 0 Å². The molecule has 0 atom stereocenters. The molecule has 1 aromatic heterocycles. The number of benzene rings is 3. The highest BCUT2D eigenvalue weighted by Crippen LogP contribution is 2.44. The maximum Gasteiger partial charge on any atom is 0.237 e. The quantitative estimate of drug-likeness (QED) is 0.384. The molecule has 1 heterocycles. The Morgan fingerprint density at radius 2 is 1.46 bits per heavy atom. The largest absolute Gasteiger partial charge is 0.455 e. The van der Waals surface area contributed by atoms with Crippen LogP contribution >= 0.6 is 0 Å². The summed E-state index contributed by atoms with van der Waals surface area (Å²) in [5.74, 6) is 0.194. The van der Waals surface area contributed by atoms with Gasteiger partial charge < -0.3 is 4.42 Å². The van der Waals surface area contributed by atoms with E-state index in [0.717, 1.165) is 27.5 Å². The van der Waals surface area contributed by atoms with Crippen LogP contribution in [0.4, 0.5) is 0 Å². The van der Waals surface area contributed by atoms with Gasteiger partial charge >= 0.3 is 0 Å². The highest BCUT2D eigenvalue weighted by atomic mass is 16.3. The van der Waals surface area contributed by atoms with Crippen molar-refractivity contribution in [1.29, 1.82) is 0 Å². The first-order chi connectivity index (χ1) is 13.5. The summed E-state index contributed by atoms with van der Waals surface area (Å²) in [6.45, 7) is 5.86. The van der Waals surface area contributed by atoms with Gasteiger partial charge in [-0.3, -0.25) is 9.59 Å². The molecule has 0 spiro atoms. The van der Waals surface area contributed by atoms with Crippen molar-refractivity contribution in [3.63, 3.8) is 0 Å². The standard InChI is InChI=1S/C25H18O3/c1-13-6-4-8-16(12-13)24-15(3)20-22(26)23(27)21-18-9-5-7-14(2)17(18)10-11-19(21)25(20)28-24/h4-12H,1-3H3. The highest BCUT2D eigenvalue weighted by Gasteiger charge is 2.37. The molecule has 5 rings (SSSR count). The number of carbonyl (C=O) groups is 2. The van der Waals surface area contributed by atoms with E-state index < -0.39 is 11.6 Å². The van der Waals surface area contributed by atoms with Gasteiger partial charge in [-0.1, -0.05) is 48.0 Å². The lowest BCUT2D eigenvalue weighted by molar-refractivity contribution is 0.0815. The maximum atomic E-state index is 13.1. The van der Waals surface area contributed by atoms with Crippen LogP contribution in [-0.2, 0) is 0 Å². The minimum Gasteiger partial charge on any atom is -0.455 e. The molecular weight excluding hydrogens is 348 g/mol. The molecule has 28 heavy (non-hydrogen) atoms. The third kappa shape index (κ3) is 2.16. The Labute approximate surface area is 162 Å². The van der Waals surface area contributed by atoms with Gasteiger partial charge in [0.25, 0.3) is 0 Å². The van der Waals surface area contributed by atoms with Crippen LogP contribution in [0.1, 0.15) is 37.4 Å². The Morgan fingerprint density at radius 3 is 2.25 bits per heavy atom. The first-order valence-corrected chi connectivity index (χ1v) is 9.29. The van der Waals surface area contributed by atoms with Crippen LogP contribution < -0.4 is 0 Å². The van der Waals surface area contributed by atoms with Crippen LogP contribution in [0.25, 0.3) is 33.4 Å². The molecule has 3 nitrogen and oxygen atoms in total. The summed E-state index contributed by atoms with van der Waals surface area (Å²) in [7, 11) is 0. The Hall–Kier alpha value is -3.46. The van der Waals surface area contributed by atoms with Gasteiger partial charge in [0.05, 0.1) is 5.56 Å². The molecule has 0 N–H and O–H groups in total. The SMILES string of the molecule is Cc1cccc(-c2oc3c(c2C)C(=O)C(=O)c2c-3ccc3c(C)cccc23)c1. The molecule has 1 aliphatic rings. The molecule has 3 aromatic carbocycles. The van der Waals surface area contributed by atoms with E-state index in [1.54, 1.807) is 0 Å². The molecule has 3 heteroatoms. The predicted molar refractivity (Wildman–Crippen MR) is 110 cm³/mol. The van der Waals surface area contributed by atoms with Gasteiger partial charge in [-0.05, 0) is 49.2 Å². The normalized spacial score (nSPS) is 13.0. The molecule has 0 saturated carbocycles. The van der Waals surface area contributed by atoms with Gasteiger partial charge in [0.1, 0.15) is 11.5 Å². The van der Waals surface area contributed by atoms with E-state index in [-0.39, 0.29) is 0 Å². The van der Waals surface area contributed by atoms with Crippen molar-refractivity contribution < 1.29 is 14.0 Å². The monoisotopic (exact) mass is 366 g/mol. The van der Waals surface area contributed by atoms with Crippen LogP contribution in [0, 0.1) is 20.8 Å². The molecule has 0 radical (unpaired) electrons. The lowest BCUT2D eigenvalue weighted by Crippen LogP contribution is -2.21. The van der Waals surface area contributed by atoms with Gasteiger partial charge in [0.15, 0.2) is 0 Å². The third-order valence-electron chi connectivity index (χ3n) is 5.61. The van der Waals surface area contributed by atoms with Crippen molar-refractivity contribution in [3.8, 4) is 22.6 Å². The van der Waals surface area contributed by atoms with Crippen molar-refractivity contribution in [2.24, 2.45) is 0 Å². The van der Waals surface area contributed by atoms with E-state index in [1.165, 1.54) is 0 Å². The predicted octanol–water partition coefficient (Wildman–Crippen LogP) is 6.07. The van der Waals surface area contributed by atoms with Gasteiger partial charge in [-0.25, -0.2) is 0 Å². The average Bonchev–Trinajstić information content (AvgIpc) is 3.03. The van der Waals surface area contributed by atoms with E-state index in [9.17, 15) is 9.59 Å². The zero-order chi connectivity index (χ0) is 19.6. The Morgan fingerprint density at radius 1 is 0.714 bits per heavy atom. The fraction of sp³-hybridized carbons (Fsp3) is 0.120. The number of rotatable bonds is 1. The van der Waals surface area contributed by atoms with Gasteiger partial charge in [-0.15, -0.1) is 0 Å². The van der Waals surface area contributed by atoms with E-state index >= 15 is 0 Å². The van der Waals surface area contributed by atoms with Crippen molar-refractivity contribution in [2.75, 3.05) is 0 Å². The second kappa shape index (κ2) is 5.77. The molecule has 0 fully saturated rings. The number of furan rings is 1. The zero-order valence-corrected chi connectivity index (χ0v) is 15.9. The van der Waals surface area contributed by atoms with Gasteiger partial charge in [0.2, 0.25) is 11.6 Å². The van der Waals surface area contributed by atoms with Crippen molar-refractivity contribution in [3.05, 3.63) is 82.4 Å². The molecule has 0 aliphatic heterocycles. The molecule has 1 aliphatic carbocycles. The molecule has 0 amide bonds. The molecule has 4 aromatic rings. The van der Waals surface area contributed by atoms with Crippen molar-refractivity contribution in [1.82, 2.24) is 0 Å². The molecule has 136 valence electrons. The van der Waals surface area contributed by atoms with Crippen LogP contribution in [0.2, 0.25) is 0 Å². The highest BCUT2D eigenvalue weighted by molar-refractivity contribution is 6.54. The van der Waals surface area contributed by atoms with Crippen LogP contribution in [0.5, 0.6) is 0 Å². The second-order valence-corrected chi connectivity index (χ2v) is 7.45. The van der Waals surface area contributed by atoms with E-state index in [2.05, 4.69) is 0 Å². The molecule has 0 unspecified atom stereocenters. The number of Topliss-reactive ketones (excluding diaryl/α,β-unsaturated/α-hetero) is 2. The summed E-state index contributed by atoms with van der Waals surface area (Å²) in [6, 6.07) is 17.7. The number of carbonyl (C=O) groups excluding carboxylic acids is 2. The van der Waals surface area contributed by atoms with Crippen LogP contribution in [0.15, 0.2) is 59.0 Å². The lowest BCUT2D eigenvalue weighted by Gasteiger charge is -2.16. The first kappa shape index (κ1) is 16.7. The van der Waals surface area contributed by atoms with Crippen LogP contribution in [-0.4, -0.2) is 11.6 Å². The number of ketones is 2. The summed E-state index contributed by atoms with van der Waals surface area (Å²) in [5, 5.41) is 1.78. The summed E-state index contributed by atoms with van der Waals surface area (Å²) in [6.07, 6.45) is 0. The second-order valence-electron chi connectivity index (χ2n) is 7.45. The third-order valence-corrected chi connectivity index (χ3v) is 5.61. The number of aryl methyl sites for hydroxylation is 2. The zero-order valence-electron chi connectivity index (χ0n) is 15.9. The lowest BCUT2D eigenvalue weighted by atomic mass is 9.83. The van der Waals surface area contributed by atoms with E-state index in [4.69, 9.17) is 4.42 Å². The van der Waals surface area contributed by atoms with E-state index in [0.29, 0.717) is 33.8 Å². The average molecular weight is 366 g/mol. The Bertz CT molecular complexity index is 1320. The first-order valence-electron chi connectivity index (χ1n) is 9.29. The van der Waals surface area contributed by atoms with Gasteiger partial charge in [0, 0.05) is 22.3 Å². The summed E-state index contributed by atoms with van der Waals surface area (Å²) in [5.41, 5.74) is 5.33. The van der Waals surface area contributed by atoms with Gasteiger partial charge in [-0.2, -0.15) is 0 Å². The Kier molecular flexibility index (Phi) is 3.44. The summed E-state index contributed by atoms with van der Waals surface area (Å²) >= 11 is 0. The fourth-order valence-corrected chi connectivity index (χ4v) is 4.21. The summed E-state index contributed by atoms with van der Waals surface area (Å²) in [4.78, 5) is 26.1. The number of hydrogen-bond acceptors (Lipinski definition) is 3. The topological polar surface area (TPSA) is 47.3 Å². The molecule has 0 saturated heterocycles. The smallest absolute Gasteiger partial charge is 0.237 e. The summed E-state index contributed by atoms with van der Waals surface area (Å²) < 4.78 is 6.23. The van der Waals surface area contributed by atoms with Crippen molar-refractivity contribution >= 4 is 22.3 Å². The minimum atomic E-state index is -0.489. The van der Waals surface area contributed by atoms with Crippen molar-refractivity contribution in [2.45, 2.75) is 20.8 Å². The molecule has 0 bridgehead atoms. The molecular formula is C25H18O3. The Balaban J connectivity index is 1.85. The minimum absolute atomic E-state index is 0.390. The van der Waals surface area contributed by atoms with E-state index in [1.807, 2.05) is 75.4 Å². The number of hydrogen-bond donors (Lipinski definition) is 0. The maximum absolute atomic E-state index is 13.1. The number of fused-ring (bicyclic) bond motifs is 5.